The van der Waals surface area contributed by atoms with Crippen LogP contribution in [0.5, 0.6) is 5.75 Å². The predicted octanol–water partition coefficient (Wildman–Crippen LogP) is 2.42. The Bertz CT molecular complexity index is 532. The van der Waals surface area contributed by atoms with Crippen LogP contribution in [0.15, 0.2) is 24.4 Å². The van der Waals surface area contributed by atoms with Gasteiger partial charge in [0.1, 0.15) is 5.75 Å². The molecule has 3 heteroatoms. The number of nitrogens with zero attached hydrogens (tertiary/aromatic N) is 1. The molecule has 0 aliphatic carbocycles. The van der Waals surface area contributed by atoms with Crippen LogP contribution in [0, 0.1) is 0 Å². The minimum absolute atomic E-state index is 0.709. The van der Waals surface area contributed by atoms with Gasteiger partial charge in [-0.15, -0.1) is 0 Å². The molecule has 2 aromatic rings. The van der Waals surface area contributed by atoms with Crippen LogP contribution in [0.3, 0.4) is 0 Å². The Morgan fingerprint density at radius 1 is 1.47 bits per heavy atom. The molecule has 90 valence electrons. The summed E-state index contributed by atoms with van der Waals surface area (Å²) in [6.07, 6.45) is 4.58. The van der Waals surface area contributed by atoms with Gasteiger partial charge in [-0.25, -0.2) is 0 Å². The zero-order valence-corrected chi connectivity index (χ0v) is 10.4. The van der Waals surface area contributed by atoms with Gasteiger partial charge in [-0.2, -0.15) is 0 Å². The maximum atomic E-state index is 5.29. The molecule has 1 aliphatic heterocycles. The highest BCUT2D eigenvalue weighted by molar-refractivity contribution is 5.84. The smallest absolute Gasteiger partial charge is 0.119 e. The van der Waals surface area contributed by atoms with E-state index in [0.29, 0.717) is 6.04 Å². The second kappa shape index (κ2) is 4.08. The molecule has 1 aromatic carbocycles. The van der Waals surface area contributed by atoms with Crippen LogP contribution in [-0.4, -0.2) is 36.6 Å². The van der Waals surface area contributed by atoms with Crippen molar-refractivity contribution in [1.29, 1.82) is 0 Å². The van der Waals surface area contributed by atoms with Crippen LogP contribution in [0.25, 0.3) is 10.9 Å². The Kier molecular flexibility index (Phi) is 2.56. The fourth-order valence-electron chi connectivity index (χ4n) is 2.53. The largest absolute Gasteiger partial charge is 0.497 e. The number of fused-ring (bicyclic) bond motifs is 1. The first-order valence-electron chi connectivity index (χ1n) is 6.12. The number of benzene rings is 1. The molecule has 0 radical (unpaired) electrons. The van der Waals surface area contributed by atoms with Gasteiger partial charge in [-0.05, 0) is 50.2 Å². The van der Waals surface area contributed by atoms with E-state index in [-0.39, 0.29) is 0 Å². The summed E-state index contributed by atoms with van der Waals surface area (Å²) in [5.41, 5.74) is 2.60. The van der Waals surface area contributed by atoms with Crippen LogP contribution in [0.1, 0.15) is 12.0 Å². The van der Waals surface area contributed by atoms with Crippen molar-refractivity contribution in [3.8, 4) is 5.75 Å². The SMILES string of the molecule is COc1ccc2[nH]cc(C[C@H]3CCN3C)c2c1. The van der Waals surface area contributed by atoms with Crippen molar-refractivity contribution in [3.63, 3.8) is 0 Å². The van der Waals surface area contributed by atoms with E-state index in [1.165, 1.54) is 29.4 Å². The van der Waals surface area contributed by atoms with Crippen molar-refractivity contribution in [2.45, 2.75) is 18.9 Å². The second-order valence-corrected chi connectivity index (χ2v) is 4.85. The Balaban J connectivity index is 1.92. The molecule has 0 unspecified atom stereocenters. The topological polar surface area (TPSA) is 28.3 Å². The summed E-state index contributed by atoms with van der Waals surface area (Å²) < 4.78 is 5.29. The molecule has 3 nitrogen and oxygen atoms in total. The molecule has 0 saturated carbocycles. The molecule has 1 aliphatic rings. The minimum atomic E-state index is 0.709. The third-order valence-electron chi connectivity index (χ3n) is 3.87. The van der Waals surface area contributed by atoms with Gasteiger partial charge in [0.25, 0.3) is 0 Å². The van der Waals surface area contributed by atoms with Crippen molar-refractivity contribution in [1.82, 2.24) is 9.88 Å². The summed E-state index contributed by atoms with van der Waals surface area (Å²) in [5, 5.41) is 1.30. The number of H-pyrrole nitrogens is 1. The van der Waals surface area contributed by atoms with Crippen LogP contribution < -0.4 is 4.74 Å². The lowest BCUT2D eigenvalue weighted by atomic mass is 9.96. The summed E-state index contributed by atoms with van der Waals surface area (Å²) in [6.45, 7) is 1.23. The highest BCUT2D eigenvalue weighted by atomic mass is 16.5. The van der Waals surface area contributed by atoms with E-state index in [0.717, 1.165) is 12.2 Å². The normalized spacial score (nSPS) is 20.5. The molecule has 3 rings (SSSR count). The highest BCUT2D eigenvalue weighted by Gasteiger charge is 2.24. The number of rotatable bonds is 3. The zero-order valence-electron chi connectivity index (χ0n) is 10.4. The van der Waals surface area contributed by atoms with E-state index >= 15 is 0 Å². The number of aromatic nitrogens is 1. The lowest BCUT2D eigenvalue weighted by Crippen LogP contribution is -2.45. The number of nitrogens with one attached hydrogen (secondary N) is 1. The third kappa shape index (κ3) is 1.80. The number of methoxy groups -OCH3 is 1. The van der Waals surface area contributed by atoms with Crippen LogP contribution in [-0.2, 0) is 6.42 Å². The predicted molar refractivity (Wildman–Crippen MR) is 69.6 cm³/mol. The van der Waals surface area contributed by atoms with Crippen molar-refractivity contribution >= 4 is 10.9 Å². The summed E-state index contributed by atoms with van der Waals surface area (Å²) >= 11 is 0. The molecule has 1 saturated heterocycles. The summed E-state index contributed by atoms with van der Waals surface area (Å²) in [7, 11) is 3.91. The quantitative estimate of drug-likeness (QED) is 0.877. The van der Waals surface area contributed by atoms with Gasteiger partial charge in [-0.3, -0.25) is 0 Å². The summed E-state index contributed by atoms with van der Waals surface area (Å²) in [4.78, 5) is 5.75. The molecule has 1 atom stereocenters. The van der Waals surface area contributed by atoms with Crippen LogP contribution in [0.4, 0.5) is 0 Å². The van der Waals surface area contributed by atoms with E-state index in [9.17, 15) is 0 Å². The second-order valence-electron chi connectivity index (χ2n) is 4.85. The lowest BCUT2D eigenvalue weighted by molar-refractivity contribution is 0.127. The first kappa shape index (κ1) is 10.7. The molecule has 1 N–H and O–H groups in total. The average Bonchev–Trinajstić information content (AvgIpc) is 2.76. The maximum Gasteiger partial charge on any atom is 0.119 e. The van der Waals surface area contributed by atoms with Gasteiger partial charge in [0.2, 0.25) is 0 Å². The number of likely N-dealkylation sites (tertiary alicyclic amines) is 1. The van der Waals surface area contributed by atoms with Gasteiger partial charge in [0.05, 0.1) is 7.11 Å². The molecule has 0 amide bonds. The van der Waals surface area contributed by atoms with Crippen molar-refractivity contribution in [2.75, 3.05) is 20.7 Å². The van der Waals surface area contributed by atoms with E-state index in [1.807, 2.05) is 6.07 Å². The fraction of sp³-hybridized carbons (Fsp3) is 0.429. The van der Waals surface area contributed by atoms with Crippen molar-refractivity contribution in [2.24, 2.45) is 0 Å². The van der Waals surface area contributed by atoms with Crippen LogP contribution >= 0.6 is 0 Å². The van der Waals surface area contributed by atoms with Gasteiger partial charge in [0.15, 0.2) is 0 Å². The van der Waals surface area contributed by atoms with E-state index < -0.39 is 0 Å². The molecular weight excluding hydrogens is 212 g/mol. The van der Waals surface area contributed by atoms with Gasteiger partial charge in [0, 0.05) is 23.1 Å². The van der Waals surface area contributed by atoms with Crippen LogP contribution in [0.2, 0.25) is 0 Å². The average molecular weight is 230 g/mol. The molecule has 1 aromatic heterocycles. The molecule has 0 spiro atoms. The maximum absolute atomic E-state index is 5.29. The zero-order chi connectivity index (χ0) is 11.8. The van der Waals surface area contributed by atoms with E-state index in [4.69, 9.17) is 4.74 Å². The number of hydrogen-bond acceptors (Lipinski definition) is 2. The van der Waals surface area contributed by atoms with E-state index in [2.05, 4.69) is 35.3 Å². The Morgan fingerprint density at radius 3 is 3.00 bits per heavy atom. The molecule has 0 bridgehead atoms. The van der Waals surface area contributed by atoms with Crippen molar-refractivity contribution in [3.05, 3.63) is 30.0 Å². The van der Waals surface area contributed by atoms with Crippen molar-refractivity contribution < 1.29 is 4.74 Å². The standard InChI is InChI=1S/C14H18N2O/c1-16-6-5-11(16)7-10-9-15-14-4-3-12(17-2)8-13(10)14/h3-4,8-9,11,15H,5-7H2,1-2H3/t11-/m1/s1. The molecule has 1 fully saturated rings. The Hall–Kier alpha value is -1.48. The Morgan fingerprint density at radius 2 is 2.35 bits per heavy atom. The van der Waals surface area contributed by atoms with Gasteiger partial charge in [-0.1, -0.05) is 0 Å². The molecule has 2 heterocycles. The minimum Gasteiger partial charge on any atom is -0.497 e. The summed E-state index contributed by atoms with van der Waals surface area (Å²) in [5.74, 6) is 0.931. The van der Waals surface area contributed by atoms with Gasteiger partial charge >= 0.3 is 0 Å². The highest BCUT2D eigenvalue weighted by Crippen LogP contribution is 2.27. The summed E-state index contributed by atoms with van der Waals surface area (Å²) in [6, 6.07) is 6.92. The van der Waals surface area contributed by atoms with E-state index in [1.54, 1.807) is 7.11 Å². The Labute approximate surface area is 101 Å². The number of likely N-dealkylation sites (N-methyl/N-ethyl adjacent to an activating group) is 1. The first-order chi connectivity index (χ1) is 8.28. The number of aromatic amines is 1. The molecular formula is C14H18N2O. The number of hydrogen-bond donors (Lipinski definition) is 1. The monoisotopic (exact) mass is 230 g/mol. The number of ether oxygens (including phenoxy) is 1. The van der Waals surface area contributed by atoms with Gasteiger partial charge < -0.3 is 14.6 Å². The molecule has 17 heavy (non-hydrogen) atoms. The fourth-order valence-corrected chi connectivity index (χ4v) is 2.53. The first-order valence-corrected chi connectivity index (χ1v) is 6.12. The lowest BCUT2D eigenvalue weighted by Gasteiger charge is -2.37. The third-order valence-corrected chi connectivity index (χ3v) is 3.87.